The maximum absolute atomic E-state index is 10.0. The molecule has 2 aromatic rings. The van der Waals surface area contributed by atoms with Gasteiger partial charge in [-0.2, -0.15) is 5.10 Å². The van der Waals surface area contributed by atoms with Gasteiger partial charge in [0.2, 0.25) is 5.88 Å². The maximum atomic E-state index is 10.0. The van der Waals surface area contributed by atoms with Crippen LogP contribution in [0.3, 0.4) is 0 Å². The molecule has 0 radical (unpaired) electrons. The van der Waals surface area contributed by atoms with Crippen LogP contribution in [0.2, 0.25) is 0 Å². The summed E-state index contributed by atoms with van der Waals surface area (Å²) in [6.07, 6.45) is 0.530. The number of halogens is 1. The summed E-state index contributed by atoms with van der Waals surface area (Å²) < 4.78 is 18.5. The van der Waals surface area contributed by atoms with Gasteiger partial charge in [-0.15, -0.1) is 0 Å². The van der Waals surface area contributed by atoms with E-state index in [4.69, 9.17) is 14.2 Å². The van der Waals surface area contributed by atoms with Crippen LogP contribution in [0.5, 0.6) is 5.88 Å². The molecule has 114 valence electrons. The number of aliphatic hydroxyl groups excluding tert-OH is 1. The molecule has 3 atom stereocenters. The fraction of sp³-hybridized carbons (Fsp3) is 0.583. The van der Waals surface area contributed by atoms with E-state index in [9.17, 15) is 5.11 Å². The molecule has 1 fully saturated rings. The lowest BCUT2D eigenvalue weighted by Gasteiger charge is -2.14. The van der Waals surface area contributed by atoms with E-state index in [2.05, 4.69) is 37.7 Å². The number of rotatable bonds is 4. The van der Waals surface area contributed by atoms with Crippen molar-refractivity contribution in [1.29, 1.82) is 0 Å². The van der Waals surface area contributed by atoms with E-state index in [1.54, 1.807) is 18.9 Å². The first-order chi connectivity index (χ1) is 10.2. The summed E-state index contributed by atoms with van der Waals surface area (Å²) in [5.74, 6) is 0.475. The number of hydrogen-bond donors (Lipinski definition) is 1. The Morgan fingerprint density at radius 1 is 1.48 bits per heavy atom. The summed E-state index contributed by atoms with van der Waals surface area (Å²) in [5.41, 5.74) is 0.626. The maximum Gasteiger partial charge on any atom is 0.228 e. The van der Waals surface area contributed by atoms with E-state index in [-0.39, 0.29) is 12.3 Å². The molecule has 1 saturated heterocycles. The third-order valence-corrected chi connectivity index (χ3v) is 4.17. The quantitative estimate of drug-likeness (QED) is 0.749. The number of aromatic nitrogens is 4. The van der Waals surface area contributed by atoms with Gasteiger partial charge in [-0.1, -0.05) is 0 Å². The number of hydrogen-bond acceptors (Lipinski definition) is 7. The van der Waals surface area contributed by atoms with E-state index in [0.717, 1.165) is 9.09 Å². The summed E-state index contributed by atoms with van der Waals surface area (Å²) in [7, 11) is 3.13. The van der Waals surface area contributed by atoms with Crippen LogP contribution < -0.4 is 4.74 Å². The highest BCUT2D eigenvalue weighted by Crippen LogP contribution is 2.33. The Morgan fingerprint density at radius 3 is 3.00 bits per heavy atom. The Morgan fingerprint density at radius 2 is 2.29 bits per heavy atom. The summed E-state index contributed by atoms with van der Waals surface area (Å²) in [6.45, 7) is 0.340. The number of methoxy groups -OCH3 is 2. The average Bonchev–Trinajstić information content (AvgIpc) is 3.01. The second-order valence-corrected chi connectivity index (χ2v) is 5.73. The number of aliphatic hydroxyl groups is 1. The van der Waals surface area contributed by atoms with Crippen molar-refractivity contribution >= 4 is 33.6 Å². The van der Waals surface area contributed by atoms with Crippen LogP contribution in [0.4, 0.5) is 0 Å². The van der Waals surface area contributed by atoms with Gasteiger partial charge in [-0.25, -0.2) is 14.6 Å². The smallest absolute Gasteiger partial charge is 0.228 e. The molecule has 1 aliphatic rings. The highest BCUT2D eigenvalue weighted by Gasteiger charge is 2.36. The largest absolute Gasteiger partial charge is 0.480 e. The predicted molar refractivity (Wildman–Crippen MR) is 81.0 cm³/mol. The molecule has 1 aliphatic heterocycles. The molecule has 3 unspecified atom stereocenters. The van der Waals surface area contributed by atoms with Crippen molar-refractivity contribution in [2.24, 2.45) is 0 Å². The molecular weight excluding hydrogens is 391 g/mol. The molecule has 2 aromatic heterocycles. The molecule has 0 amide bonds. The zero-order chi connectivity index (χ0) is 15.0. The lowest BCUT2D eigenvalue weighted by atomic mass is 10.2. The van der Waals surface area contributed by atoms with Crippen molar-refractivity contribution in [3.05, 3.63) is 10.0 Å². The van der Waals surface area contributed by atoms with Crippen LogP contribution in [-0.2, 0) is 9.47 Å². The minimum Gasteiger partial charge on any atom is -0.480 e. The monoisotopic (exact) mass is 406 g/mol. The van der Waals surface area contributed by atoms with E-state index >= 15 is 0 Å². The van der Waals surface area contributed by atoms with Crippen LogP contribution in [-0.4, -0.2) is 57.9 Å². The Bertz CT molecular complexity index is 649. The fourth-order valence-electron chi connectivity index (χ4n) is 2.44. The average molecular weight is 406 g/mol. The Balaban J connectivity index is 1.99. The summed E-state index contributed by atoms with van der Waals surface area (Å²) in [5, 5.41) is 15.2. The van der Waals surface area contributed by atoms with Crippen LogP contribution in [0.25, 0.3) is 11.0 Å². The molecule has 21 heavy (non-hydrogen) atoms. The first-order valence-electron chi connectivity index (χ1n) is 6.40. The lowest BCUT2D eigenvalue weighted by Crippen LogP contribution is -2.25. The number of nitrogens with zero attached hydrogens (tertiary/aromatic N) is 4. The van der Waals surface area contributed by atoms with Crippen LogP contribution >= 0.6 is 22.6 Å². The van der Waals surface area contributed by atoms with E-state index in [0.29, 0.717) is 24.6 Å². The summed E-state index contributed by atoms with van der Waals surface area (Å²) in [6, 6.07) is 0. The van der Waals surface area contributed by atoms with E-state index in [1.165, 1.54) is 6.33 Å². The molecule has 9 heteroatoms. The highest BCUT2D eigenvalue weighted by molar-refractivity contribution is 14.1. The molecule has 0 aliphatic carbocycles. The topological polar surface area (TPSA) is 91.5 Å². The molecule has 0 saturated carbocycles. The molecule has 1 N–H and O–H groups in total. The molecule has 0 bridgehead atoms. The van der Waals surface area contributed by atoms with Crippen molar-refractivity contribution in [3.8, 4) is 5.88 Å². The second-order valence-electron chi connectivity index (χ2n) is 4.70. The van der Waals surface area contributed by atoms with Gasteiger partial charge in [0.05, 0.1) is 19.8 Å². The van der Waals surface area contributed by atoms with Crippen LogP contribution in [0, 0.1) is 3.70 Å². The Hall–Kier alpha value is -1.04. The summed E-state index contributed by atoms with van der Waals surface area (Å²) in [4.78, 5) is 8.35. The molecule has 0 aromatic carbocycles. The highest BCUT2D eigenvalue weighted by atomic mass is 127. The van der Waals surface area contributed by atoms with Crippen molar-refractivity contribution < 1.29 is 19.3 Å². The molecule has 0 spiro atoms. The predicted octanol–water partition coefficient (Wildman–Crippen LogP) is 0.734. The van der Waals surface area contributed by atoms with Gasteiger partial charge < -0.3 is 19.3 Å². The Kier molecular flexibility index (Phi) is 4.24. The number of ether oxygens (including phenoxy) is 3. The normalized spacial score (nSPS) is 25.6. The van der Waals surface area contributed by atoms with Crippen molar-refractivity contribution in [3.63, 3.8) is 0 Å². The van der Waals surface area contributed by atoms with Gasteiger partial charge in [0, 0.05) is 13.5 Å². The molecule has 3 heterocycles. The van der Waals surface area contributed by atoms with Crippen LogP contribution in [0.1, 0.15) is 12.6 Å². The summed E-state index contributed by atoms with van der Waals surface area (Å²) >= 11 is 2.11. The van der Waals surface area contributed by atoms with Gasteiger partial charge >= 0.3 is 0 Å². The Labute approximate surface area is 134 Å². The van der Waals surface area contributed by atoms with Crippen molar-refractivity contribution in [2.45, 2.75) is 24.9 Å². The first-order valence-corrected chi connectivity index (χ1v) is 7.48. The van der Waals surface area contributed by atoms with Crippen molar-refractivity contribution in [2.75, 3.05) is 20.8 Å². The minimum absolute atomic E-state index is 0.340. The van der Waals surface area contributed by atoms with Crippen LogP contribution in [0.15, 0.2) is 6.33 Å². The SMILES string of the molecule is COCC1OC(n2nc(I)c3c(OC)ncnc32)CC1O. The zero-order valence-electron chi connectivity index (χ0n) is 11.6. The second kappa shape index (κ2) is 5.99. The van der Waals surface area contributed by atoms with Gasteiger partial charge in [0.25, 0.3) is 0 Å². The van der Waals surface area contributed by atoms with E-state index < -0.39 is 6.10 Å². The van der Waals surface area contributed by atoms with Crippen molar-refractivity contribution in [1.82, 2.24) is 19.7 Å². The molecule has 3 rings (SSSR count). The van der Waals surface area contributed by atoms with E-state index in [1.807, 2.05) is 0 Å². The third kappa shape index (κ3) is 2.58. The fourth-order valence-corrected chi connectivity index (χ4v) is 3.15. The first kappa shape index (κ1) is 14.9. The van der Waals surface area contributed by atoms with Gasteiger partial charge in [0.15, 0.2) is 11.9 Å². The van der Waals surface area contributed by atoms with Gasteiger partial charge in [0.1, 0.15) is 21.5 Å². The lowest BCUT2D eigenvalue weighted by molar-refractivity contribution is -0.0558. The number of fused-ring (bicyclic) bond motifs is 1. The molecule has 8 nitrogen and oxygen atoms in total. The molecular formula is C12H15IN4O4. The third-order valence-electron chi connectivity index (χ3n) is 3.41. The minimum atomic E-state index is -0.587. The van der Waals surface area contributed by atoms with Gasteiger partial charge in [-0.3, -0.25) is 0 Å². The van der Waals surface area contributed by atoms with Gasteiger partial charge in [-0.05, 0) is 22.6 Å². The standard InChI is InChI=1S/C12H15IN4O4/c1-19-4-7-6(18)3-8(21-7)17-11-9(10(13)16-17)12(20-2)15-5-14-11/h5-8,18H,3-4H2,1-2H3. The zero-order valence-corrected chi connectivity index (χ0v) is 13.7.